The third-order valence-corrected chi connectivity index (χ3v) is 6.26. The highest BCUT2D eigenvalue weighted by atomic mass is 32.1. The van der Waals surface area contributed by atoms with Gasteiger partial charge in [-0.1, -0.05) is 26.7 Å². The number of nitrogens with zero attached hydrogens (tertiary/aromatic N) is 2. The van der Waals surface area contributed by atoms with Gasteiger partial charge in [-0.25, -0.2) is 4.98 Å². The molecule has 0 aromatic carbocycles. The molecule has 3 rings (SSSR count). The van der Waals surface area contributed by atoms with Gasteiger partial charge in [0.15, 0.2) is 5.13 Å². The average Bonchev–Trinajstić information content (AvgIpc) is 2.95. The number of anilines is 1. The number of piperidine rings is 1. The smallest absolute Gasteiger partial charge is 0.186 e. The number of aryl methyl sites for hydroxylation is 1. The lowest BCUT2D eigenvalue weighted by Gasteiger charge is -2.44. The molecule has 3 nitrogen and oxygen atoms in total. The molecule has 0 radical (unpaired) electrons. The Bertz CT molecular complexity index is 455. The summed E-state index contributed by atoms with van der Waals surface area (Å²) in [7, 11) is 0. The van der Waals surface area contributed by atoms with Crippen LogP contribution in [-0.4, -0.2) is 24.1 Å². The summed E-state index contributed by atoms with van der Waals surface area (Å²) in [6.45, 7) is 7.64. The van der Waals surface area contributed by atoms with E-state index in [9.17, 15) is 0 Å². The third-order valence-electron chi connectivity index (χ3n) is 5.13. The van der Waals surface area contributed by atoms with Gasteiger partial charge in [-0.15, -0.1) is 11.3 Å². The molecule has 0 amide bonds. The number of hydrogen-bond acceptors (Lipinski definition) is 4. The Morgan fingerprint density at radius 1 is 1.19 bits per heavy atom. The minimum Gasteiger partial charge on any atom is -0.345 e. The van der Waals surface area contributed by atoms with E-state index in [4.69, 9.17) is 4.98 Å². The summed E-state index contributed by atoms with van der Waals surface area (Å²) in [5.41, 5.74) is 1.31. The van der Waals surface area contributed by atoms with Crippen LogP contribution in [0.15, 0.2) is 0 Å². The van der Waals surface area contributed by atoms with Crippen molar-refractivity contribution < 1.29 is 0 Å². The Labute approximate surface area is 133 Å². The first-order valence-corrected chi connectivity index (χ1v) is 9.61. The summed E-state index contributed by atoms with van der Waals surface area (Å²) in [6.07, 6.45) is 9.53. The average molecular weight is 308 g/mol. The first-order valence-electron chi connectivity index (χ1n) is 8.79. The maximum absolute atomic E-state index is 5.00. The largest absolute Gasteiger partial charge is 0.345 e. The highest BCUT2D eigenvalue weighted by Gasteiger charge is 2.34. The van der Waals surface area contributed by atoms with Crippen LogP contribution < -0.4 is 10.2 Å². The van der Waals surface area contributed by atoms with Crippen molar-refractivity contribution >= 4 is 16.5 Å². The van der Waals surface area contributed by atoms with Crippen molar-refractivity contribution in [1.29, 1.82) is 0 Å². The predicted molar refractivity (Wildman–Crippen MR) is 91.2 cm³/mol. The Morgan fingerprint density at radius 3 is 2.81 bits per heavy atom. The zero-order valence-corrected chi connectivity index (χ0v) is 14.3. The first kappa shape index (κ1) is 15.3. The van der Waals surface area contributed by atoms with Crippen LogP contribution in [0.5, 0.6) is 0 Å². The van der Waals surface area contributed by atoms with Crippen molar-refractivity contribution in [3.05, 3.63) is 10.6 Å². The van der Waals surface area contributed by atoms with E-state index in [1.807, 2.05) is 11.3 Å². The molecule has 1 aliphatic heterocycles. The fraction of sp³-hybridized carbons (Fsp3) is 0.824. The minimum absolute atomic E-state index is 0.773. The molecule has 2 heterocycles. The molecule has 1 aromatic heterocycles. The molecular formula is C17H29N3S. The fourth-order valence-corrected chi connectivity index (χ4v) is 5.21. The zero-order chi connectivity index (χ0) is 14.7. The Morgan fingerprint density at radius 2 is 2.00 bits per heavy atom. The van der Waals surface area contributed by atoms with Crippen molar-refractivity contribution in [2.24, 2.45) is 5.92 Å². The van der Waals surface area contributed by atoms with Crippen LogP contribution in [0.4, 0.5) is 5.13 Å². The lowest BCUT2D eigenvalue weighted by Crippen LogP contribution is -2.46. The van der Waals surface area contributed by atoms with Gasteiger partial charge in [-0.3, -0.25) is 0 Å². The molecule has 1 saturated heterocycles. The van der Waals surface area contributed by atoms with Gasteiger partial charge < -0.3 is 10.2 Å². The second-order valence-corrected chi connectivity index (χ2v) is 7.51. The van der Waals surface area contributed by atoms with E-state index < -0.39 is 0 Å². The second kappa shape index (κ2) is 7.10. The van der Waals surface area contributed by atoms with Gasteiger partial charge in [0, 0.05) is 24.0 Å². The third kappa shape index (κ3) is 3.26. The second-order valence-electron chi connectivity index (χ2n) is 6.45. The summed E-state index contributed by atoms with van der Waals surface area (Å²) in [5, 5.41) is 4.77. The number of thiazole rings is 1. The molecular weight excluding hydrogens is 278 g/mol. The van der Waals surface area contributed by atoms with Crippen LogP contribution in [0.25, 0.3) is 0 Å². The molecule has 2 atom stereocenters. The van der Waals surface area contributed by atoms with Crippen LogP contribution in [0.1, 0.15) is 62.9 Å². The highest BCUT2D eigenvalue weighted by Crippen LogP contribution is 2.39. The van der Waals surface area contributed by atoms with Crippen LogP contribution in [0.3, 0.4) is 0 Å². The molecule has 2 aliphatic rings. The quantitative estimate of drug-likeness (QED) is 0.892. The Kier molecular flexibility index (Phi) is 5.17. The summed E-state index contributed by atoms with van der Waals surface area (Å²) in [6, 6.07) is 0.773. The van der Waals surface area contributed by atoms with E-state index >= 15 is 0 Å². The van der Waals surface area contributed by atoms with Gasteiger partial charge in [0.1, 0.15) is 0 Å². The summed E-state index contributed by atoms with van der Waals surface area (Å²) >= 11 is 1.94. The van der Waals surface area contributed by atoms with Gasteiger partial charge in [0.25, 0.3) is 0 Å². The molecule has 0 spiro atoms. The SMILES string of the molecule is CCNCc1sc(N2CCCC3CCCCC32)nc1CC. The number of hydrogen-bond donors (Lipinski definition) is 1. The van der Waals surface area contributed by atoms with Crippen LogP contribution >= 0.6 is 11.3 Å². The molecule has 118 valence electrons. The topological polar surface area (TPSA) is 28.2 Å². The maximum atomic E-state index is 5.00. The first-order chi connectivity index (χ1) is 10.3. The van der Waals surface area contributed by atoms with Gasteiger partial charge in [0.2, 0.25) is 0 Å². The van der Waals surface area contributed by atoms with Crippen molar-refractivity contribution in [3.63, 3.8) is 0 Å². The van der Waals surface area contributed by atoms with E-state index in [0.29, 0.717) is 0 Å². The number of nitrogens with one attached hydrogen (secondary N) is 1. The highest BCUT2D eigenvalue weighted by molar-refractivity contribution is 7.15. The maximum Gasteiger partial charge on any atom is 0.186 e. The van der Waals surface area contributed by atoms with Gasteiger partial charge in [0.05, 0.1) is 5.69 Å². The molecule has 2 fully saturated rings. The molecule has 1 N–H and O–H groups in total. The molecule has 4 heteroatoms. The normalized spacial score (nSPS) is 25.9. The van der Waals surface area contributed by atoms with Crippen LogP contribution in [0, 0.1) is 5.92 Å². The zero-order valence-electron chi connectivity index (χ0n) is 13.5. The lowest BCUT2D eigenvalue weighted by atomic mass is 9.78. The van der Waals surface area contributed by atoms with Crippen molar-refractivity contribution in [1.82, 2.24) is 10.3 Å². The molecule has 1 aromatic rings. The molecule has 21 heavy (non-hydrogen) atoms. The number of aromatic nitrogens is 1. The number of fused-ring (bicyclic) bond motifs is 1. The van der Waals surface area contributed by atoms with E-state index in [2.05, 4.69) is 24.1 Å². The summed E-state index contributed by atoms with van der Waals surface area (Å²) in [5.74, 6) is 0.929. The Balaban J connectivity index is 1.79. The fourth-order valence-electron chi connectivity index (χ4n) is 4.01. The van der Waals surface area contributed by atoms with Crippen LogP contribution in [0.2, 0.25) is 0 Å². The molecule has 1 aliphatic carbocycles. The number of rotatable bonds is 5. The van der Waals surface area contributed by atoms with E-state index in [1.165, 1.54) is 60.8 Å². The van der Waals surface area contributed by atoms with E-state index in [0.717, 1.165) is 31.5 Å². The predicted octanol–water partition coefficient (Wildman–Crippen LogP) is 3.97. The summed E-state index contributed by atoms with van der Waals surface area (Å²) in [4.78, 5) is 9.11. The van der Waals surface area contributed by atoms with Crippen molar-refractivity contribution in [2.75, 3.05) is 18.0 Å². The lowest BCUT2D eigenvalue weighted by molar-refractivity contribution is 0.243. The molecule has 0 bridgehead atoms. The standard InChI is InChI=1S/C17H29N3S/c1-3-14-16(12-18-4-2)21-17(19-14)20-11-7-9-13-8-5-6-10-15(13)20/h13,15,18H,3-12H2,1-2H3. The Hall–Kier alpha value is -0.610. The minimum atomic E-state index is 0.773. The van der Waals surface area contributed by atoms with Gasteiger partial charge in [-0.2, -0.15) is 0 Å². The van der Waals surface area contributed by atoms with E-state index in [1.54, 1.807) is 0 Å². The van der Waals surface area contributed by atoms with E-state index in [-0.39, 0.29) is 0 Å². The molecule has 2 unspecified atom stereocenters. The van der Waals surface area contributed by atoms with Gasteiger partial charge >= 0.3 is 0 Å². The van der Waals surface area contributed by atoms with Crippen LogP contribution in [-0.2, 0) is 13.0 Å². The van der Waals surface area contributed by atoms with Crippen molar-refractivity contribution in [3.8, 4) is 0 Å². The van der Waals surface area contributed by atoms with Gasteiger partial charge in [-0.05, 0) is 44.6 Å². The molecule has 1 saturated carbocycles. The summed E-state index contributed by atoms with van der Waals surface area (Å²) < 4.78 is 0. The van der Waals surface area contributed by atoms with Crippen molar-refractivity contribution in [2.45, 2.75) is 71.4 Å². The monoisotopic (exact) mass is 307 g/mol.